The number of benzene rings is 3. The summed E-state index contributed by atoms with van der Waals surface area (Å²) in [6, 6.07) is 29.7. The van der Waals surface area contributed by atoms with Gasteiger partial charge in [-0.05, 0) is 134 Å². The van der Waals surface area contributed by atoms with E-state index in [1.807, 2.05) is 115 Å². The van der Waals surface area contributed by atoms with Crippen LogP contribution in [0.25, 0.3) is 16.7 Å². The van der Waals surface area contributed by atoms with Gasteiger partial charge in [0.25, 0.3) is 23.6 Å². The van der Waals surface area contributed by atoms with E-state index < -0.39 is 50.1 Å². The van der Waals surface area contributed by atoms with E-state index >= 15 is 0 Å². The van der Waals surface area contributed by atoms with Crippen molar-refractivity contribution in [3.05, 3.63) is 191 Å². The summed E-state index contributed by atoms with van der Waals surface area (Å²) in [4.78, 5) is 120. The largest absolute Gasteiger partial charge is 0.548 e. The Hall–Kier alpha value is -9.53. The van der Waals surface area contributed by atoms with E-state index in [1.54, 1.807) is 71.5 Å². The van der Waals surface area contributed by atoms with Gasteiger partial charge in [0, 0.05) is 61.2 Å². The van der Waals surface area contributed by atoms with E-state index in [2.05, 4.69) is 74.9 Å². The number of ketones is 1. The number of ether oxygens (including phenoxy) is 1. The van der Waals surface area contributed by atoms with Crippen LogP contribution < -0.4 is 16.1 Å². The molecule has 3 aromatic carbocycles. The fourth-order valence-electron chi connectivity index (χ4n) is 11.2. The Morgan fingerprint density at radius 3 is 1.75 bits per heavy atom. The van der Waals surface area contributed by atoms with Crippen LogP contribution in [0.1, 0.15) is 160 Å². The molecule has 102 heavy (non-hydrogen) atoms. The summed E-state index contributed by atoms with van der Waals surface area (Å²) in [5.41, 5.74) is 8.92. The average Bonchev–Trinajstić information content (AvgIpc) is 1.61. The Bertz CT molecular complexity index is 4360. The number of pyridine rings is 1. The maximum atomic E-state index is 12.6. The third kappa shape index (κ3) is 17.0. The van der Waals surface area contributed by atoms with Crippen LogP contribution in [0.15, 0.2) is 152 Å². The molecule has 2 saturated carbocycles. The molecule has 536 valence electrons. The van der Waals surface area contributed by atoms with Crippen molar-refractivity contribution in [1.82, 2.24) is 38.8 Å². The Morgan fingerprint density at radius 2 is 1.27 bits per heavy atom. The highest BCUT2D eigenvalue weighted by molar-refractivity contribution is 6.74. The molecule has 7 aromatic rings. The molecule has 6 atom stereocenters. The van der Waals surface area contributed by atoms with Crippen LogP contribution in [0.2, 0.25) is 23.3 Å². The molecule has 0 spiro atoms. The molecular weight excluding hydrogens is 1340 g/mol. The molecule has 0 bridgehead atoms. The molecule has 2 saturated heterocycles. The van der Waals surface area contributed by atoms with Crippen molar-refractivity contribution in [1.29, 1.82) is 0 Å². The van der Waals surface area contributed by atoms with Crippen LogP contribution in [-0.2, 0) is 39.4 Å². The summed E-state index contributed by atoms with van der Waals surface area (Å²) < 4.78 is 26.7. The highest BCUT2D eigenvalue weighted by Gasteiger charge is 2.55. The molecule has 23 nitrogen and oxygen atoms in total. The van der Waals surface area contributed by atoms with Crippen molar-refractivity contribution in [2.24, 2.45) is 29.4 Å². The van der Waals surface area contributed by atoms with Gasteiger partial charge >= 0.3 is 13.2 Å². The van der Waals surface area contributed by atoms with Gasteiger partial charge < -0.3 is 33.9 Å². The highest BCUT2D eigenvalue weighted by atomic mass is 35.5. The van der Waals surface area contributed by atoms with Gasteiger partial charge in [-0.2, -0.15) is 9.61 Å². The summed E-state index contributed by atoms with van der Waals surface area (Å²) in [6.45, 7) is 30.4. The van der Waals surface area contributed by atoms with Gasteiger partial charge in [0.1, 0.15) is 28.5 Å². The number of aldehydes is 1. The third-order valence-corrected chi connectivity index (χ3v) is 23.8. The molecule has 4 fully saturated rings. The Kier molecular flexibility index (Phi) is 23.0. The number of hydrogen-bond donors (Lipinski definition) is 1. The predicted octanol–water partition coefficient (Wildman–Crippen LogP) is 12.1. The summed E-state index contributed by atoms with van der Waals surface area (Å²) in [7, 11) is -0.554. The van der Waals surface area contributed by atoms with Crippen LogP contribution in [0.3, 0.4) is 0 Å². The monoisotopic (exact) mass is 1420 g/mol. The molecule has 7 aliphatic rings. The van der Waals surface area contributed by atoms with Crippen molar-refractivity contribution >= 4 is 109 Å². The summed E-state index contributed by atoms with van der Waals surface area (Å²) in [6.07, 6.45) is 17.5. The van der Waals surface area contributed by atoms with Crippen LogP contribution >= 0.6 is 11.6 Å². The second kappa shape index (κ2) is 30.6. The SMILES string of the molecule is CC(=O)c1cnn2c(N(C)Cc3ccccc3)cc(Cl)nc12.CC(C)(C)OC(=O)n1cc(B2OC(C)(C)C(C)(C)O2)c2cccnc21.CC(C)(C)[Si](C)(C)O/C=C/N1C(=O)c2ccccc2C1=O.C[C@@H]1CC1N1C(=O)C2C=CC=CC2C1=O.C[C@@H]1C[C@H]1N.O=CCN1C(=O)c2ccccc2C1=O. The lowest BCUT2D eigenvalue weighted by Gasteiger charge is -2.35. The quantitative estimate of drug-likeness (QED) is 0.0314. The van der Waals surface area contributed by atoms with E-state index in [9.17, 15) is 43.2 Å². The number of Topliss-reactive ketones (excluding diaryl/α,β-unsaturated/α-hetero) is 1. The van der Waals surface area contributed by atoms with Crippen molar-refractivity contribution in [2.75, 3.05) is 18.5 Å². The van der Waals surface area contributed by atoms with Gasteiger partial charge in [0.2, 0.25) is 20.1 Å². The minimum atomic E-state index is -1.94. The number of likely N-dealkylation sites (tertiary alicyclic amines) is 1. The number of aromatic nitrogens is 5. The minimum Gasteiger partial charge on any atom is -0.548 e. The van der Waals surface area contributed by atoms with E-state index in [0.717, 1.165) is 38.8 Å². The molecule has 3 unspecified atom stereocenters. The van der Waals surface area contributed by atoms with Crippen molar-refractivity contribution in [3.8, 4) is 0 Å². The maximum Gasteiger partial charge on any atom is 0.497 e. The standard InChI is InChI=1S/C18H25BN2O4.C16H15ClN4O.C16H21NO3Si.C12H13NO2.C10H7NO3.C4H9N/c1-16(2,3)23-15(22)21-11-13(12-9-8-10-20-14(12)21)19-24-17(4,5)18(6,7)25-19;1-11(22)13-9-18-21-15(8-14(17)19-16(13)21)20(2)10-12-6-4-3-5-7-12;1-16(2,3)21(4,5)20-11-10-17-14(18)12-8-6-7-9-13(12)15(17)19;1-7-6-10(7)13-11(14)8-4-2-3-5-9(8)12(13)15;12-6-5-11-9(13)7-3-1-2-4-8(7)10(11)14;1-3-2-4(3)5/h8-11H,1-7H3;3-9H,10H2,1-2H3;6-11H,1-5H3;2-5,7-10H,6H2,1H3;1-4,6H,5H2;3-4H,2,5H2,1H3/b;;11-10+;;;/t;;;7-,8?,9?,10?;;3-,4-/m...1.1/s1. The summed E-state index contributed by atoms with van der Waals surface area (Å²) in [5, 5.41) is 5.50. The third-order valence-electron chi connectivity index (χ3n) is 19.2. The van der Waals surface area contributed by atoms with Crippen LogP contribution in [0.4, 0.5) is 10.6 Å². The molecule has 4 aliphatic heterocycles. The van der Waals surface area contributed by atoms with Crippen LogP contribution in [0.5, 0.6) is 0 Å². The highest BCUT2D eigenvalue weighted by Crippen LogP contribution is 2.43. The number of anilines is 1. The molecule has 14 rings (SSSR count). The molecule has 26 heteroatoms. The van der Waals surface area contributed by atoms with Crippen LogP contribution in [-0.4, -0.2) is 150 Å². The lowest BCUT2D eigenvalue weighted by Crippen LogP contribution is -2.41. The topological polar surface area (TPSA) is 278 Å². The zero-order valence-corrected chi connectivity index (χ0v) is 62.4. The first kappa shape index (κ1) is 76.6. The number of carbonyl (C=O) groups excluding carboxylic acids is 9. The van der Waals surface area contributed by atoms with E-state index in [0.29, 0.717) is 69.1 Å². The van der Waals surface area contributed by atoms with E-state index in [-0.39, 0.29) is 58.9 Å². The van der Waals surface area contributed by atoms with Crippen molar-refractivity contribution in [2.45, 2.75) is 156 Å². The van der Waals surface area contributed by atoms with E-state index in [1.165, 1.54) is 47.0 Å². The number of hydrogen-bond acceptors (Lipinski definition) is 18. The zero-order valence-electron chi connectivity index (χ0n) is 60.7. The van der Waals surface area contributed by atoms with Gasteiger partial charge in [0.15, 0.2) is 11.4 Å². The molecule has 8 heterocycles. The zero-order chi connectivity index (χ0) is 74.7. The minimum absolute atomic E-state index is 0.0000463. The number of fused-ring (bicyclic) bond motifs is 5. The number of halogens is 1. The molecule has 0 radical (unpaired) electrons. The molecule has 2 N–H and O–H groups in total. The van der Waals surface area contributed by atoms with Gasteiger partial charge in [0.05, 0.1) is 69.9 Å². The lowest BCUT2D eigenvalue weighted by molar-refractivity contribution is -0.140. The van der Waals surface area contributed by atoms with Crippen molar-refractivity contribution in [3.63, 3.8) is 0 Å². The number of allylic oxidation sites excluding steroid dienone is 2. The number of carbonyl (C=O) groups is 9. The first-order chi connectivity index (χ1) is 47.9. The fraction of sp³-hybridized carbons (Fsp3) is 0.395. The molecular formula is C76H90BClN10O13Si. The molecule has 4 aromatic heterocycles. The van der Waals surface area contributed by atoms with Gasteiger partial charge in [-0.3, -0.25) is 43.4 Å². The number of amides is 6. The van der Waals surface area contributed by atoms with Gasteiger partial charge in [-0.15, -0.1) is 0 Å². The number of nitrogens with two attached hydrogens (primary N) is 1. The Balaban J connectivity index is 0.000000147. The molecule has 6 amide bonds. The first-order valence-corrected chi connectivity index (χ1v) is 37.2. The Morgan fingerprint density at radius 1 is 0.765 bits per heavy atom. The normalized spacial score (nSPS) is 21.0. The summed E-state index contributed by atoms with van der Waals surface area (Å²) >= 11 is 6.11. The fourth-order valence-corrected chi connectivity index (χ4v) is 12.1. The number of rotatable bonds is 11. The van der Waals surface area contributed by atoms with Gasteiger partial charge in [-0.1, -0.05) is 131 Å². The van der Waals surface area contributed by atoms with E-state index in [4.69, 9.17) is 35.8 Å². The number of imide groups is 3. The second-order valence-electron chi connectivity index (χ2n) is 29.7. The number of nitrogens with zero attached hydrogens (tertiary/aromatic N) is 9. The van der Waals surface area contributed by atoms with Crippen molar-refractivity contribution < 1.29 is 61.6 Å². The predicted molar refractivity (Wildman–Crippen MR) is 392 cm³/mol. The smallest absolute Gasteiger partial charge is 0.497 e. The Labute approximate surface area is 601 Å². The molecule has 3 aliphatic carbocycles. The van der Waals surface area contributed by atoms with Gasteiger partial charge in [-0.25, -0.2) is 24.2 Å². The maximum absolute atomic E-state index is 12.6. The first-order valence-electron chi connectivity index (χ1n) is 33.9. The van der Waals surface area contributed by atoms with Crippen LogP contribution in [0, 0.1) is 23.7 Å². The lowest BCUT2D eigenvalue weighted by atomic mass is 9.79. The average molecular weight is 1430 g/mol. The second-order valence-corrected chi connectivity index (χ2v) is 34.8. The summed E-state index contributed by atoms with van der Waals surface area (Å²) in [5.74, 6) is 0.186.